The van der Waals surface area contributed by atoms with E-state index in [1.807, 2.05) is 12.2 Å². The summed E-state index contributed by atoms with van der Waals surface area (Å²) in [5, 5.41) is 8.93. The van der Waals surface area contributed by atoms with E-state index in [9.17, 15) is 14.4 Å². The summed E-state index contributed by atoms with van der Waals surface area (Å²) in [6.45, 7) is 1.38. The minimum atomic E-state index is -1.13. The van der Waals surface area contributed by atoms with Crippen LogP contribution in [0.2, 0.25) is 0 Å². The Morgan fingerprint density at radius 2 is 1.76 bits per heavy atom. The number of fused-ring (bicyclic) bond motifs is 5. The molecule has 0 aromatic carbocycles. The van der Waals surface area contributed by atoms with Crippen molar-refractivity contribution in [1.82, 2.24) is 4.90 Å². The number of carboxylic acids is 1. The standard InChI is InChI=1S/C12H13NO4/c1-5(12(16)17)13-10(14)8-6-2-3-7(4-6)9(8)11(13)15/h2-3,5-9H,4H2,1H3,(H,16,17)/t5-,6-,7+,8-,9+/m1/s1. The fraction of sp³-hybridized carbons (Fsp3) is 0.583. The normalized spacial score (nSPS) is 39.9. The Hall–Kier alpha value is -1.65. The minimum absolute atomic E-state index is 0.132. The van der Waals surface area contributed by atoms with Gasteiger partial charge in [-0.1, -0.05) is 12.2 Å². The molecule has 1 heterocycles. The van der Waals surface area contributed by atoms with E-state index >= 15 is 0 Å². The first kappa shape index (κ1) is 10.5. The first-order valence-electron chi connectivity index (χ1n) is 5.80. The first-order valence-corrected chi connectivity index (χ1v) is 5.80. The number of carboxylic acid groups (broad SMARTS) is 1. The topological polar surface area (TPSA) is 74.7 Å². The SMILES string of the molecule is C[C@H](C(=O)O)N1C(=O)[C@@H]2[C@H](C1=O)[C@@H]1C=C[C@H]2C1. The molecular formula is C12H13NO4. The van der Waals surface area contributed by atoms with Gasteiger partial charge in [-0.25, -0.2) is 4.79 Å². The van der Waals surface area contributed by atoms with Crippen molar-refractivity contribution in [2.45, 2.75) is 19.4 Å². The van der Waals surface area contributed by atoms with E-state index < -0.39 is 12.0 Å². The number of hydrogen-bond acceptors (Lipinski definition) is 3. The molecule has 1 saturated heterocycles. The molecule has 1 N–H and O–H groups in total. The summed E-state index contributed by atoms with van der Waals surface area (Å²) < 4.78 is 0. The summed E-state index contributed by atoms with van der Waals surface area (Å²) in [6, 6.07) is -1.06. The van der Waals surface area contributed by atoms with Gasteiger partial charge in [0.2, 0.25) is 11.8 Å². The summed E-state index contributed by atoms with van der Waals surface area (Å²) >= 11 is 0. The summed E-state index contributed by atoms with van der Waals surface area (Å²) in [5.74, 6) is -2.08. The van der Waals surface area contributed by atoms with Crippen molar-refractivity contribution in [3.05, 3.63) is 12.2 Å². The van der Waals surface area contributed by atoms with Crippen molar-refractivity contribution >= 4 is 17.8 Å². The van der Waals surface area contributed by atoms with Crippen LogP contribution in [0.3, 0.4) is 0 Å². The number of hydrogen-bond donors (Lipinski definition) is 1. The molecule has 0 aromatic heterocycles. The highest BCUT2D eigenvalue weighted by molar-refractivity contribution is 6.08. The van der Waals surface area contributed by atoms with E-state index in [-0.39, 0.29) is 35.5 Å². The van der Waals surface area contributed by atoms with Crippen LogP contribution in [0.1, 0.15) is 13.3 Å². The largest absolute Gasteiger partial charge is 0.480 e. The molecule has 17 heavy (non-hydrogen) atoms. The number of carbonyl (C=O) groups excluding carboxylic acids is 2. The van der Waals surface area contributed by atoms with Crippen LogP contribution >= 0.6 is 0 Å². The molecule has 2 aliphatic carbocycles. The number of rotatable bonds is 2. The second-order valence-electron chi connectivity index (χ2n) is 5.06. The molecule has 0 aromatic rings. The molecule has 3 aliphatic rings. The van der Waals surface area contributed by atoms with Crippen molar-refractivity contribution < 1.29 is 19.5 Å². The van der Waals surface area contributed by atoms with Crippen LogP contribution in [-0.2, 0) is 14.4 Å². The molecule has 2 fully saturated rings. The van der Waals surface area contributed by atoms with Crippen LogP contribution in [-0.4, -0.2) is 33.8 Å². The van der Waals surface area contributed by atoms with Gasteiger partial charge in [0.05, 0.1) is 11.8 Å². The predicted molar refractivity (Wildman–Crippen MR) is 56.7 cm³/mol. The van der Waals surface area contributed by atoms with Gasteiger partial charge in [-0.3, -0.25) is 14.5 Å². The molecule has 2 bridgehead atoms. The lowest BCUT2D eigenvalue weighted by molar-refractivity contribution is -0.154. The smallest absolute Gasteiger partial charge is 0.326 e. The Balaban J connectivity index is 1.95. The van der Waals surface area contributed by atoms with Gasteiger partial charge in [-0.15, -0.1) is 0 Å². The first-order chi connectivity index (χ1) is 8.02. The molecule has 2 amide bonds. The van der Waals surface area contributed by atoms with Gasteiger partial charge in [0.25, 0.3) is 0 Å². The second kappa shape index (κ2) is 3.18. The number of aliphatic carboxylic acids is 1. The lowest BCUT2D eigenvalue weighted by Crippen LogP contribution is -2.44. The zero-order valence-electron chi connectivity index (χ0n) is 9.37. The zero-order valence-corrected chi connectivity index (χ0v) is 9.37. The lowest BCUT2D eigenvalue weighted by Gasteiger charge is -2.20. The highest BCUT2D eigenvalue weighted by atomic mass is 16.4. The molecule has 5 nitrogen and oxygen atoms in total. The molecule has 0 unspecified atom stereocenters. The monoisotopic (exact) mass is 235 g/mol. The summed E-state index contributed by atoms with van der Waals surface area (Å²) in [5.41, 5.74) is 0. The highest BCUT2D eigenvalue weighted by Gasteiger charge is 2.60. The Morgan fingerprint density at radius 1 is 1.29 bits per heavy atom. The number of likely N-dealkylation sites (tertiary alicyclic amines) is 1. The van der Waals surface area contributed by atoms with Gasteiger partial charge in [0, 0.05) is 0 Å². The Kier molecular flexibility index (Phi) is 1.97. The Bertz CT molecular complexity index is 425. The van der Waals surface area contributed by atoms with Crippen molar-refractivity contribution in [2.24, 2.45) is 23.7 Å². The maximum atomic E-state index is 12.1. The van der Waals surface area contributed by atoms with Crippen LogP contribution in [0.25, 0.3) is 0 Å². The molecular weight excluding hydrogens is 222 g/mol. The second-order valence-corrected chi connectivity index (χ2v) is 5.06. The maximum Gasteiger partial charge on any atom is 0.326 e. The number of carbonyl (C=O) groups is 3. The number of amides is 2. The van der Waals surface area contributed by atoms with Crippen LogP contribution < -0.4 is 0 Å². The highest BCUT2D eigenvalue weighted by Crippen LogP contribution is 2.52. The average molecular weight is 235 g/mol. The van der Waals surface area contributed by atoms with Crippen LogP contribution in [0.4, 0.5) is 0 Å². The van der Waals surface area contributed by atoms with E-state index in [2.05, 4.69) is 0 Å². The van der Waals surface area contributed by atoms with Gasteiger partial charge in [0.1, 0.15) is 6.04 Å². The molecule has 1 aliphatic heterocycles. The quantitative estimate of drug-likeness (QED) is 0.550. The van der Waals surface area contributed by atoms with Crippen molar-refractivity contribution in [1.29, 1.82) is 0 Å². The fourth-order valence-corrected chi connectivity index (χ4v) is 3.42. The zero-order chi connectivity index (χ0) is 12.3. The predicted octanol–water partition coefficient (Wildman–Crippen LogP) is 0.267. The van der Waals surface area contributed by atoms with Crippen molar-refractivity contribution in [3.63, 3.8) is 0 Å². The van der Waals surface area contributed by atoms with Crippen molar-refractivity contribution in [3.8, 4) is 0 Å². The maximum absolute atomic E-state index is 12.1. The summed E-state index contributed by atoms with van der Waals surface area (Å²) in [6.07, 6.45) is 4.85. The van der Waals surface area contributed by atoms with Crippen LogP contribution in [0.15, 0.2) is 12.2 Å². The molecule has 90 valence electrons. The van der Waals surface area contributed by atoms with E-state index in [4.69, 9.17) is 5.11 Å². The number of allylic oxidation sites excluding steroid dienone is 2. The fourth-order valence-electron chi connectivity index (χ4n) is 3.42. The summed E-state index contributed by atoms with van der Waals surface area (Å²) in [4.78, 5) is 36.1. The molecule has 1 saturated carbocycles. The van der Waals surface area contributed by atoms with Gasteiger partial charge in [-0.05, 0) is 25.2 Å². The van der Waals surface area contributed by atoms with E-state index in [1.54, 1.807) is 0 Å². The van der Waals surface area contributed by atoms with Gasteiger partial charge >= 0.3 is 5.97 Å². The van der Waals surface area contributed by atoms with Gasteiger partial charge in [0.15, 0.2) is 0 Å². The summed E-state index contributed by atoms with van der Waals surface area (Å²) in [7, 11) is 0. The Labute approximate surface area is 98.1 Å². The van der Waals surface area contributed by atoms with Gasteiger partial charge < -0.3 is 5.11 Å². The third kappa shape index (κ3) is 1.16. The Morgan fingerprint density at radius 3 is 2.18 bits per heavy atom. The number of nitrogens with zero attached hydrogens (tertiary/aromatic N) is 1. The lowest BCUT2D eigenvalue weighted by atomic mass is 9.85. The van der Waals surface area contributed by atoms with E-state index in [1.165, 1.54) is 6.92 Å². The molecule has 5 atom stereocenters. The third-order valence-corrected chi connectivity index (χ3v) is 4.25. The van der Waals surface area contributed by atoms with E-state index in [0.717, 1.165) is 11.3 Å². The molecule has 5 heteroatoms. The third-order valence-electron chi connectivity index (χ3n) is 4.25. The van der Waals surface area contributed by atoms with E-state index in [0.29, 0.717) is 0 Å². The minimum Gasteiger partial charge on any atom is -0.480 e. The average Bonchev–Trinajstić information content (AvgIpc) is 2.92. The van der Waals surface area contributed by atoms with Crippen molar-refractivity contribution in [2.75, 3.05) is 0 Å². The molecule has 0 spiro atoms. The van der Waals surface area contributed by atoms with Gasteiger partial charge in [-0.2, -0.15) is 0 Å². The number of imide groups is 1. The van der Waals surface area contributed by atoms with Crippen LogP contribution in [0.5, 0.6) is 0 Å². The van der Waals surface area contributed by atoms with Crippen LogP contribution in [0, 0.1) is 23.7 Å². The molecule has 0 radical (unpaired) electrons. The molecule has 3 rings (SSSR count).